The van der Waals surface area contributed by atoms with E-state index in [0.717, 1.165) is 25.9 Å². The maximum atomic E-state index is 11.0. The highest BCUT2D eigenvalue weighted by Crippen LogP contribution is 2.32. The topological polar surface area (TPSA) is 49.3 Å². The van der Waals surface area contributed by atoms with E-state index >= 15 is 0 Å². The van der Waals surface area contributed by atoms with Crippen LogP contribution >= 0.6 is 0 Å². The van der Waals surface area contributed by atoms with E-state index in [4.69, 9.17) is 5.11 Å². The zero-order valence-electron chi connectivity index (χ0n) is 9.34. The van der Waals surface area contributed by atoms with Crippen LogP contribution in [0.2, 0.25) is 0 Å². The summed E-state index contributed by atoms with van der Waals surface area (Å²) in [6.45, 7) is 7.91. The summed E-state index contributed by atoms with van der Waals surface area (Å²) in [5.41, 5.74) is -0.573. The van der Waals surface area contributed by atoms with Crippen LogP contribution in [0.3, 0.4) is 0 Å². The van der Waals surface area contributed by atoms with Gasteiger partial charge < -0.3 is 10.4 Å². The Kier molecular flexibility index (Phi) is 3.53. The number of rotatable bonds is 3. The third-order valence-corrected chi connectivity index (χ3v) is 3.31. The number of carboxylic acids is 1. The Labute approximate surface area is 85.9 Å². The number of hydrogen-bond acceptors (Lipinski definition) is 2. The van der Waals surface area contributed by atoms with Gasteiger partial charge in [-0.25, -0.2) is 0 Å². The van der Waals surface area contributed by atoms with Gasteiger partial charge in [0.25, 0.3) is 0 Å². The van der Waals surface area contributed by atoms with Crippen LogP contribution in [0.1, 0.15) is 33.6 Å². The first kappa shape index (κ1) is 11.5. The van der Waals surface area contributed by atoms with Gasteiger partial charge in [0.2, 0.25) is 0 Å². The molecule has 1 fully saturated rings. The van der Waals surface area contributed by atoms with Crippen molar-refractivity contribution in [2.75, 3.05) is 13.1 Å². The van der Waals surface area contributed by atoms with Crippen molar-refractivity contribution in [2.24, 2.45) is 17.3 Å². The van der Waals surface area contributed by atoms with Crippen molar-refractivity contribution in [1.82, 2.24) is 5.32 Å². The number of hydrogen-bond donors (Lipinski definition) is 2. The summed E-state index contributed by atoms with van der Waals surface area (Å²) in [7, 11) is 0. The van der Waals surface area contributed by atoms with Crippen LogP contribution < -0.4 is 5.32 Å². The van der Waals surface area contributed by atoms with E-state index in [9.17, 15) is 4.79 Å². The molecule has 2 atom stereocenters. The summed E-state index contributed by atoms with van der Waals surface area (Å²) in [6.07, 6.45) is 1.91. The van der Waals surface area contributed by atoms with Crippen molar-refractivity contribution in [2.45, 2.75) is 33.6 Å². The summed E-state index contributed by atoms with van der Waals surface area (Å²) in [4.78, 5) is 11.0. The number of aliphatic carboxylic acids is 1. The van der Waals surface area contributed by atoms with Gasteiger partial charge in [-0.3, -0.25) is 4.79 Å². The van der Waals surface area contributed by atoms with E-state index in [1.165, 1.54) is 0 Å². The fourth-order valence-electron chi connectivity index (χ4n) is 2.11. The molecule has 0 aromatic carbocycles. The van der Waals surface area contributed by atoms with Crippen molar-refractivity contribution in [3.8, 4) is 0 Å². The molecule has 3 heteroatoms. The van der Waals surface area contributed by atoms with Crippen molar-refractivity contribution in [1.29, 1.82) is 0 Å². The van der Waals surface area contributed by atoms with E-state index in [2.05, 4.69) is 12.2 Å². The minimum Gasteiger partial charge on any atom is -0.481 e. The van der Waals surface area contributed by atoms with E-state index in [1.54, 1.807) is 0 Å². The molecular formula is C11H21NO2. The molecule has 0 radical (unpaired) electrons. The van der Waals surface area contributed by atoms with Gasteiger partial charge >= 0.3 is 5.97 Å². The van der Waals surface area contributed by atoms with Crippen LogP contribution in [0.25, 0.3) is 0 Å². The first-order chi connectivity index (χ1) is 6.43. The zero-order valence-corrected chi connectivity index (χ0v) is 9.34. The quantitative estimate of drug-likeness (QED) is 0.727. The molecule has 3 nitrogen and oxygen atoms in total. The average Bonchev–Trinajstić information content (AvgIpc) is 2.08. The fourth-order valence-corrected chi connectivity index (χ4v) is 2.11. The summed E-state index contributed by atoms with van der Waals surface area (Å²) in [5, 5.41) is 12.4. The lowest BCUT2D eigenvalue weighted by Crippen LogP contribution is -2.38. The fraction of sp³-hybridized carbons (Fsp3) is 0.909. The van der Waals surface area contributed by atoms with Gasteiger partial charge in [0.1, 0.15) is 0 Å². The van der Waals surface area contributed by atoms with Gasteiger partial charge in [-0.2, -0.15) is 0 Å². The maximum Gasteiger partial charge on any atom is 0.309 e. The first-order valence-electron chi connectivity index (χ1n) is 5.37. The SMILES string of the molecule is C[C@@H]1CNCC[C@@H]1CC(C)(C)C(=O)O. The normalized spacial score (nSPS) is 28.8. The molecule has 0 amide bonds. The highest BCUT2D eigenvalue weighted by Gasteiger charge is 2.33. The Balaban J connectivity index is 2.53. The second-order valence-electron chi connectivity index (χ2n) is 5.12. The van der Waals surface area contributed by atoms with Gasteiger partial charge in [0, 0.05) is 0 Å². The molecule has 1 heterocycles. The zero-order chi connectivity index (χ0) is 10.8. The van der Waals surface area contributed by atoms with Crippen LogP contribution in [-0.2, 0) is 4.79 Å². The molecule has 1 aliphatic heterocycles. The van der Waals surface area contributed by atoms with Gasteiger partial charge in [-0.1, -0.05) is 6.92 Å². The van der Waals surface area contributed by atoms with E-state index in [0.29, 0.717) is 11.8 Å². The van der Waals surface area contributed by atoms with Gasteiger partial charge in [-0.15, -0.1) is 0 Å². The molecule has 0 aliphatic carbocycles. The van der Waals surface area contributed by atoms with Crippen LogP contribution in [0, 0.1) is 17.3 Å². The van der Waals surface area contributed by atoms with E-state index in [-0.39, 0.29) is 0 Å². The predicted octanol–water partition coefficient (Wildman–Crippen LogP) is 1.73. The maximum absolute atomic E-state index is 11.0. The van der Waals surface area contributed by atoms with Crippen LogP contribution in [-0.4, -0.2) is 24.2 Å². The summed E-state index contributed by atoms with van der Waals surface area (Å²) < 4.78 is 0. The van der Waals surface area contributed by atoms with Crippen molar-refractivity contribution < 1.29 is 9.90 Å². The van der Waals surface area contributed by atoms with Gasteiger partial charge in [0.15, 0.2) is 0 Å². The first-order valence-corrected chi connectivity index (χ1v) is 5.37. The minimum atomic E-state index is -0.678. The number of piperidine rings is 1. The van der Waals surface area contributed by atoms with Crippen LogP contribution in [0.4, 0.5) is 0 Å². The highest BCUT2D eigenvalue weighted by molar-refractivity contribution is 5.73. The molecule has 82 valence electrons. The Hall–Kier alpha value is -0.570. The molecule has 1 rings (SSSR count). The summed E-state index contributed by atoms with van der Waals surface area (Å²) >= 11 is 0. The van der Waals surface area contributed by atoms with Gasteiger partial charge in [-0.05, 0) is 51.6 Å². The van der Waals surface area contributed by atoms with Crippen LogP contribution in [0.15, 0.2) is 0 Å². The standard InChI is InChI=1S/C11H21NO2/c1-8-7-12-5-4-9(8)6-11(2,3)10(13)14/h8-9,12H,4-7H2,1-3H3,(H,13,14)/t8-,9-/m1/s1. The van der Waals surface area contributed by atoms with Crippen molar-refractivity contribution in [3.63, 3.8) is 0 Å². The molecule has 0 unspecified atom stereocenters. The third kappa shape index (κ3) is 2.71. The molecule has 14 heavy (non-hydrogen) atoms. The number of nitrogens with one attached hydrogen (secondary N) is 1. The molecule has 2 N–H and O–H groups in total. The Bertz CT molecular complexity index is 213. The third-order valence-electron chi connectivity index (χ3n) is 3.31. The van der Waals surface area contributed by atoms with Crippen molar-refractivity contribution in [3.05, 3.63) is 0 Å². The average molecular weight is 199 g/mol. The molecule has 1 saturated heterocycles. The molecule has 0 bridgehead atoms. The Morgan fingerprint density at radius 3 is 2.71 bits per heavy atom. The second-order valence-corrected chi connectivity index (χ2v) is 5.12. The Morgan fingerprint density at radius 1 is 1.57 bits per heavy atom. The lowest BCUT2D eigenvalue weighted by molar-refractivity contribution is -0.148. The monoisotopic (exact) mass is 199 g/mol. The van der Waals surface area contributed by atoms with E-state index in [1.807, 2.05) is 13.8 Å². The number of carboxylic acid groups (broad SMARTS) is 1. The molecule has 0 aromatic rings. The highest BCUT2D eigenvalue weighted by atomic mass is 16.4. The lowest BCUT2D eigenvalue weighted by atomic mass is 9.75. The largest absolute Gasteiger partial charge is 0.481 e. The smallest absolute Gasteiger partial charge is 0.309 e. The number of carbonyl (C=O) groups is 1. The minimum absolute atomic E-state index is 0.558. The summed E-state index contributed by atoms with van der Waals surface area (Å²) in [6, 6.07) is 0. The lowest BCUT2D eigenvalue weighted by Gasteiger charge is -2.33. The second kappa shape index (κ2) is 4.30. The molecule has 0 spiro atoms. The Morgan fingerprint density at radius 2 is 2.21 bits per heavy atom. The van der Waals surface area contributed by atoms with E-state index < -0.39 is 11.4 Å². The molecular weight excluding hydrogens is 178 g/mol. The molecule has 0 saturated carbocycles. The molecule has 1 aliphatic rings. The summed E-state index contributed by atoms with van der Waals surface area (Å²) in [5.74, 6) is 0.480. The van der Waals surface area contributed by atoms with Crippen molar-refractivity contribution >= 4 is 5.97 Å². The van der Waals surface area contributed by atoms with Crippen LogP contribution in [0.5, 0.6) is 0 Å². The predicted molar refractivity (Wildman–Crippen MR) is 56.2 cm³/mol. The molecule has 0 aromatic heterocycles. The van der Waals surface area contributed by atoms with Gasteiger partial charge in [0.05, 0.1) is 5.41 Å².